The third-order valence-electron chi connectivity index (χ3n) is 6.10. The molecule has 0 amide bonds. The minimum atomic E-state index is -3.67. The Bertz CT molecular complexity index is 1550. The monoisotopic (exact) mass is 560 g/mol. The largest absolute Gasteiger partial charge is 0.414 e. The first kappa shape index (κ1) is 28.2. The van der Waals surface area contributed by atoms with E-state index in [9.17, 15) is 21.6 Å². The minimum Gasteiger partial charge on any atom is -0.414 e. The maximum atomic E-state index is 14.8. The standard InChI is InChI=1S/C26H27F3N6O3S/c1-15(12-28)31-13-17-3-8-20(21(29)11-17)25-34-35-26(38-25)23-24(30)32-14-22(33-23)18-4-6-19(7-5-18)39(36,37)16(2)9-10-27/h3-8,11,14-16,31H,9-10,12-13H2,1-2H3,(H2,30,32). The summed E-state index contributed by atoms with van der Waals surface area (Å²) in [7, 11) is -3.67. The Labute approximate surface area is 223 Å². The first-order chi connectivity index (χ1) is 18.6. The zero-order valence-electron chi connectivity index (χ0n) is 21.2. The average molecular weight is 561 g/mol. The number of hydrogen-bond donors (Lipinski definition) is 2. The molecule has 0 radical (unpaired) electrons. The highest BCUT2D eigenvalue weighted by Crippen LogP contribution is 2.30. The van der Waals surface area contributed by atoms with Crippen molar-refractivity contribution in [1.82, 2.24) is 25.5 Å². The molecule has 2 unspecified atom stereocenters. The summed E-state index contributed by atoms with van der Waals surface area (Å²) < 4.78 is 70.9. The summed E-state index contributed by atoms with van der Waals surface area (Å²) in [4.78, 5) is 8.64. The molecule has 0 spiro atoms. The van der Waals surface area contributed by atoms with Gasteiger partial charge in [0, 0.05) is 18.2 Å². The molecule has 39 heavy (non-hydrogen) atoms. The number of nitrogen functional groups attached to an aromatic ring is 1. The smallest absolute Gasteiger partial charge is 0.270 e. The van der Waals surface area contributed by atoms with E-state index in [1.165, 1.54) is 37.4 Å². The summed E-state index contributed by atoms with van der Waals surface area (Å²) in [6.45, 7) is 2.18. The molecular formula is C26H27F3N6O3S. The number of sulfone groups is 1. The van der Waals surface area contributed by atoms with Crippen molar-refractivity contribution in [3.63, 3.8) is 0 Å². The first-order valence-corrected chi connectivity index (χ1v) is 13.6. The summed E-state index contributed by atoms with van der Waals surface area (Å²) in [5, 5.41) is 9.95. The van der Waals surface area contributed by atoms with E-state index in [1.807, 2.05) is 0 Å². The molecule has 0 saturated carbocycles. The number of anilines is 1. The second-order valence-corrected chi connectivity index (χ2v) is 11.4. The predicted molar refractivity (Wildman–Crippen MR) is 140 cm³/mol. The molecule has 2 heterocycles. The molecule has 4 aromatic rings. The van der Waals surface area contributed by atoms with Gasteiger partial charge in [-0.25, -0.2) is 27.2 Å². The van der Waals surface area contributed by atoms with Crippen LogP contribution in [0.5, 0.6) is 0 Å². The molecule has 0 aliphatic carbocycles. The van der Waals surface area contributed by atoms with Crippen LogP contribution in [0.3, 0.4) is 0 Å². The van der Waals surface area contributed by atoms with Gasteiger partial charge in [0.2, 0.25) is 0 Å². The van der Waals surface area contributed by atoms with E-state index >= 15 is 0 Å². The van der Waals surface area contributed by atoms with Gasteiger partial charge in [-0.15, -0.1) is 10.2 Å². The van der Waals surface area contributed by atoms with Crippen molar-refractivity contribution in [2.45, 2.75) is 43.0 Å². The molecule has 2 aromatic carbocycles. The van der Waals surface area contributed by atoms with Crippen LogP contribution in [0.1, 0.15) is 25.8 Å². The van der Waals surface area contributed by atoms with Crippen molar-refractivity contribution in [2.24, 2.45) is 0 Å². The number of alkyl halides is 2. The number of nitrogens with two attached hydrogens (primary N) is 1. The lowest BCUT2D eigenvalue weighted by atomic mass is 10.1. The molecule has 13 heteroatoms. The maximum absolute atomic E-state index is 14.8. The van der Waals surface area contributed by atoms with Crippen LogP contribution in [-0.4, -0.2) is 53.2 Å². The third-order valence-corrected chi connectivity index (χ3v) is 8.33. The van der Waals surface area contributed by atoms with E-state index in [0.29, 0.717) is 23.4 Å². The highest BCUT2D eigenvalue weighted by atomic mass is 32.2. The zero-order valence-corrected chi connectivity index (χ0v) is 22.1. The second-order valence-electron chi connectivity index (χ2n) is 9.01. The van der Waals surface area contributed by atoms with Crippen LogP contribution in [0, 0.1) is 5.82 Å². The summed E-state index contributed by atoms with van der Waals surface area (Å²) in [6.07, 6.45) is 1.32. The number of hydrogen-bond acceptors (Lipinski definition) is 9. The van der Waals surface area contributed by atoms with E-state index in [-0.39, 0.29) is 46.2 Å². The van der Waals surface area contributed by atoms with E-state index in [4.69, 9.17) is 10.2 Å². The number of rotatable bonds is 11. The fourth-order valence-electron chi connectivity index (χ4n) is 3.67. The Balaban J connectivity index is 1.57. The molecule has 0 bridgehead atoms. The van der Waals surface area contributed by atoms with Gasteiger partial charge in [-0.2, -0.15) is 0 Å². The van der Waals surface area contributed by atoms with Crippen LogP contribution in [0.25, 0.3) is 34.3 Å². The Morgan fingerprint density at radius 2 is 1.77 bits per heavy atom. The van der Waals surface area contributed by atoms with Crippen LogP contribution >= 0.6 is 0 Å². The SMILES string of the molecule is CC(CF)NCc1ccc(-c2nnc(-c3nc(-c4ccc(S(=O)(=O)C(C)CCF)cc4)cnc3N)o2)c(F)c1. The van der Waals surface area contributed by atoms with Crippen molar-refractivity contribution in [3.05, 3.63) is 60.0 Å². The van der Waals surface area contributed by atoms with Crippen molar-refractivity contribution in [3.8, 4) is 34.3 Å². The molecule has 3 N–H and O–H groups in total. The fourth-order valence-corrected chi connectivity index (χ4v) is 5.05. The number of halogens is 3. The molecule has 206 valence electrons. The molecule has 0 aliphatic rings. The van der Waals surface area contributed by atoms with Gasteiger partial charge in [0.15, 0.2) is 21.3 Å². The van der Waals surface area contributed by atoms with Gasteiger partial charge in [0.1, 0.15) is 12.5 Å². The molecule has 0 saturated heterocycles. The fraction of sp³-hybridized carbons (Fsp3) is 0.308. The van der Waals surface area contributed by atoms with Crippen molar-refractivity contribution in [2.75, 3.05) is 19.1 Å². The summed E-state index contributed by atoms with van der Waals surface area (Å²) in [6, 6.07) is 10.0. The Morgan fingerprint density at radius 1 is 1.05 bits per heavy atom. The first-order valence-electron chi connectivity index (χ1n) is 12.1. The van der Waals surface area contributed by atoms with E-state index in [2.05, 4.69) is 25.5 Å². The molecule has 9 nitrogen and oxygen atoms in total. The van der Waals surface area contributed by atoms with E-state index < -0.39 is 34.3 Å². The maximum Gasteiger partial charge on any atom is 0.270 e. The van der Waals surface area contributed by atoms with Crippen LogP contribution in [0.2, 0.25) is 0 Å². The molecule has 0 aliphatic heterocycles. The van der Waals surface area contributed by atoms with E-state index in [0.717, 1.165) is 0 Å². The van der Waals surface area contributed by atoms with Gasteiger partial charge in [-0.1, -0.05) is 18.2 Å². The van der Waals surface area contributed by atoms with Crippen LogP contribution in [-0.2, 0) is 16.4 Å². The van der Waals surface area contributed by atoms with Gasteiger partial charge in [0.05, 0.1) is 34.3 Å². The Morgan fingerprint density at radius 3 is 2.44 bits per heavy atom. The molecule has 2 aromatic heterocycles. The molecular weight excluding hydrogens is 533 g/mol. The van der Waals surface area contributed by atoms with E-state index in [1.54, 1.807) is 25.1 Å². The van der Waals surface area contributed by atoms with Crippen LogP contribution < -0.4 is 11.1 Å². The molecule has 0 fully saturated rings. The molecule has 4 rings (SSSR count). The highest BCUT2D eigenvalue weighted by Gasteiger charge is 2.23. The van der Waals surface area contributed by atoms with Crippen molar-refractivity contribution >= 4 is 15.7 Å². The number of aromatic nitrogens is 4. The summed E-state index contributed by atoms with van der Waals surface area (Å²) >= 11 is 0. The number of benzene rings is 2. The highest BCUT2D eigenvalue weighted by molar-refractivity contribution is 7.92. The zero-order chi connectivity index (χ0) is 28.2. The lowest BCUT2D eigenvalue weighted by Gasteiger charge is -2.12. The topological polar surface area (TPSA) is 137 Å². The normalized spacial score (nSPS) is 13.4. The lowest BCUT2D eigenvalue weighted by Crippen LogP contribution is -2.27. The predicted octanol–water partition coefficient (Wildman–Crippen LogP) is 4.55. The minimum absolute atomic E-state index is 0.00271. The number of nitrogens with one attached hydrogen (secondary N) is 1. The van der Waals surface area contributed by atoms with Gasteiger partial charge >= 0.3 is 0 Å². The second kappa shape index (κ2) is 11.9. The van der Waals surface area contributed by atoms with Crippen molar-refractivity contribution < 1.29 is 26.0 Å². The number of nitrogens with zero attached hydrogens (tertiary/aromatic N) is 4. The van der Waals surface area contributed by atoms with Gasteiger partial charge in [-0.05, 0) is 50.1 Å². The third kappa shape index (κ3) is 6.25. The lowest BCUT2D eigenvalue weighted by molar-refractivity contribution is 0.391. The summed E-state index contributed by atoms with van der Waals surface area (Å²) in [5.41, 5.74) is 7.64. The van der Waals surface area contributed by atoms with Crippen LogP contribution in [0.4, 0.5) is 19.0 Å². The average Bonchev–Trinajstić information content (AvgIpc) is 3.42. The van der Waals surface area contributed by atoms with Gasteiger partial charge in [0.25, 0.3) is 11.8 Å². The Hall–Kier alpha value is -3.84. The van der Waals surface area contributed by atoms with Crippen molar-refractivity contribution in [1.29, 1.82) is 0 Å². The molecule has 2 atom stereocenters. The quantitative estimate of drug-likeness (QED) is 0.271. The Kier molecular flexibility index (Phi) is 8.60. The van der Waals surface area contributed by atoms with Crippen LogP contribution in [0.15, 0.2) is 58.0 Å². The summed E-state index contributed by atoms with van der Waals surface area (Å²) in [5.74, 6) is -0.779. The van der Waals surface area contributed by atoms with Gasteiger partial charge < -0.3 is 15.5 Å². The van der Waals surface area contributed by atoms with Gasteiger partial charge in [-0.3, -0.25) is 4.39 Å².